The molecule has 0 aliphatic rings. The van der Waals surface area contributed by atoms with E-state index in [2.05, 4.69) is 36.0 Å². The second-order valence-corrected chi connectivity index (χ2v) is 4.79. The highest BCUT2D eigenvalue weighted by atomic mass is 79.9. The minimum Gasteiger partial charge on any atom is -0.464 e. The van der Waals surface area contributed by atoms with Crippen LogP contribution in [0.5, 0.6) is 0 Å². The highest BCUT2D eigenvalue weighted by Crippen LogP contribution is 2.26. The molecule has 0 amide bonds. The van der Waals surface area contributed by atoms with Gasteiger partial charge in [0.05, 0.1) is 24.5 Å². The molecule has 0 atom stereocenters. The van der Waals surface area contributed by atoms with E-state index in [1.165, 1.54) is 19.5 Å². The van der Waals surface area contributed by atoms with Crippen LogP contribution < -0.4 is 5.32 Å². The monoisotopic (exact) mass is 341 g/mol. The van der Waals surface area contributed by atoms with E-state index in [0.29, 0.717) is 10.8 Å². The van der Waals surface area contributed by atoms with Crippen LogP contribution in [-0.2, 0) is 4.74 Å². The summed E-state index contributed by atoms with van der Waals surface area (Å²) >= 11 is 9.23. The number of carbonyl (C=O) groups excluding carboxylic acids is 1. The molecule has 0 bridgehead atoms. The lowest BCUT2D eigenvalue weighted by molar-refractivity contribution is 0.0593. The second-order valence-electron chi connectivity index (χ2n) is 3.53. The van der Waals surface area contributed by atoms with E-state index in [9.17, 15) is 4.79 Å². The highest BCUT2D eigenvalue weighted by Gasteiger charge is 2.07. The normalized spacial score (nSPS) is 10.1. The smallest absolute Gasteiger partial charge is 0.358 e. The van der Waals surface area contributed by atoms with E-state index in [1.54, 1.807) is 6.07 Å². The molecule has 98 valence electrons. The molecule has 0 saturated carbocycles. The first-order chi connectivity index (χ1) is 9.10. The number of nitrogens with zero attached hydrogens (tertiary/aromatic N) is 2. The van der Waals surface area contributed by atoms with Crippen LogP contribution >= 0.6 is 27.5 Å². The summed E-state index contributed by atoms with van der Waals surface area (Å²) in [5.74, 6) is -0.00448. The molecular formula is C12H9BrClN3O2. The molecule has 1 aromatic carbocycles. The van der Waals surface area contributed by atoms with Gasteiger partial charge in [-0.3, -0.25) is 0 Å². The lowest BCUT2D eigenvalue weighted by Crippen LogP contribution is -2.05. The summed E-state index contributed by atoms with van der Waals surface area (Å²) in [5, 5.41) is 3.66. The van der Waals surface area contributed by atoms with E-state index in [4.69, 9.17) is 11.6 Å². The van der Waals surface area contributed by atoms with Gasteiger partial charge in [-0.1, -0.05) is 11.6 Å². The summed E-state index contributed by atoms with van der Waals surface area (Å²) in [6.45, 7) is 0. The van der Waals surface area contributed by atoms with Crippen LogP contribution in [0.2, 0.25) is 5.02 Å². The lowest BCUT2D eigenvalue weighted by Gasteiger charge is -2.06. The molecule has 7 heteroatoms. The molecule has 0 aliphatic heterocycles. The maximum atomic E-state index is 11.2. The molecule has 0 spiro atoms. The molecule has 2 rings (SSSR count). The minimum atomic E-state index is -0.520. The van der Waals surface area contributed by atoms with Crippen LogP contribution in [0.3, 0.4) is 0 Å². The first-order valence-electron chi connectivity index (χ1n) is 5.22. The molecule has 5 nitrogen and oxygen atoms in total. The lowest BCUT2D eigenvalue weighted by atomic mass is 10.3. The van der Waals surface area contributed by atoms with Gasteiger partial charge in [0.2, 0.25) is 0 Å². The van der Waals surface area contributed by atoms with Crippen molar-refractivity contribution in [3.8, 4) is 0 Å². The number of aromatic nitrogens is 2. The third kappa shape index (κ3) is 3.42. The van der Waals surface area contributed by atoms with Gasteiger partial charge < -0.3 is 10.1 Å². The van der Waals surface area contributed by atoms with Gasteiger partial charge in [0, 0.05) is 10.2 Å². The number of nitrogens with one attached hydrogen (secondary N) is 1. The summed E-state index contributed by atoms with van der Waals surface area (Å²) in [4.78, 5) is 19.2. The van der Waals surface area contributed by atoms with Gasteiger partial charge in [0.1, 0.15) is 5.82 Å². The number of methoxy groups -OCH3 is 1. The highest BCUT2D eigenvalue weighted by molar-refractivity contribution is 9.10. The van der Waals surface area contributed by atoms with Crippen molar-refractivity contribution in [3.05, 3.63) is 45.8 Å². The van der Waals surface area contributed by atoms with Gasteiger partial charge in [-0.2, -0.15) is 0 Å². The Morgan fingerprint density at radius 2 is 2.16 bits per heavy atom. The number of esters is 1. The maximum Gasteiger partial charge on any atom is 0.358 e. The van der Waals surface area contributed by atoms with Crippen LogP contribution in [0.25, 0.3) is 0 Å². The zero-order valence-electron chi connectivity index (χ0n) is 9.85. The molecular weight excluding hydrogens is 334 g/mol. The first kappa shape index (κ1) is 13.8. The van der Waals surface area contributed by atoms with Crippen LogP contribution in [0.1, 0.15) is 10.5 Å². The topological polar surface area (TPSA) is 64.1 Å². The van der Waals surface area contributed by atoms with Gasteiger partial charge in [0.25, 0.3) is 0 Å². The predicted octanol–water partition coefficient (Wildman–Crippen LogP) is 3.42. The molecule has 0 fully saturated rings. The average molecular weight is 343 g/mol. The Balaban J connectivity index is 2.15. The van der Waals surface area contributed by atoms with Gasteiger partial charge in [-0.05, 0) is 34.1 Å². The fourth-order valence-corrected chi connectivity index (χ4v) is 1.82. The van der Waals surface area contributed by atoms with E-state index >= 15 is 0 Å². The zero-order chi connectivity index (χ0) is 13.8. The van der Waals surface area contributed by atoms with Crippen molar-refractivity contribution in [2.45, 2.75) is 0 Å². The Morgan fingerprint density at radius 1 is 1.37 bits per heavy atom. The van der Waals surface area contributed by atoms with Crippen molar-refractivity contribution in [1.82, 2.24) is 9.97 Å². The van der Waals surface area contributed by atoms with Gasteiger partial charge >= 0.3 is 5.97 Å². The Hall–Kier alpha value is -1.66. The number of ether oxygens (including phenoxy) is 1. The third-order valence-corrected chi connectivity index (χ3v) is 3.45. The molecule has 1 heterocycles. The number of benzene rings is 1. The maximum absolute atomic E-state index is 11.2. The quantitative estimate of drug-likeness (QED) is 0.866. The number of hydrogen-bond acceptors (Lipinski definition) is 5. The first-order valence-corrected chi connectivity index (χ1v) is 6.39. The second kappa shape index (κ2) is 5.99. The van der Waals surface area contributed by atoms with Gasteiger partial charge in [0.15, 0.2) is 5.69 Å². The predicted molar refractivity (Wildman–Crippen MR) is 75.8 cm³/mol. The van der Waals surface area contributed by atoms with Crippen molar-refractivity contribution >= 4 is 45.0 Å². The van der Waals surface area contributed by atoms with Crippen molar-refractivity contribution < 1.29 is 9.53 Å². The van der Waals surface area contributed by atoms with Crippen LogP contribution in [-0.4, -0.2) is 23.0 Å². The fraction of sp³-hybridized carbons (Fsp3) is 0.0833. The number of carbonyl (C=O) groups is 1. The molecule has 0 saturated heterocycles. The largest absolute Gasteiger partial charge is 0.464 e. The Kier molecular flexibility index (Phi) is 4.34. The SMILES string of the molecule is COC(=O)c1cnc(Nc2ccc(Cl)c(Br)c2)cn1. The summed E-state index contributed by atoms with van der Waals surface area (Å²) in [6, 6.07) is 5.38. The third-order valence-electron chi connectivity index (χ3n) is 2.24. The summed E-state index contributed by atoms with van der Waals surface area (Å²) in [7, 11) is 1.29. The Bertz CT molecular complexity index is 604. The molecule has 0 radical (unpaired) electrons. The molecule has 19 heavy (non-hydrogen) atoms. The molecule has 1 aromatic heterocycles. The molecule has 1 N–H and O–H groups in total. The molecule has 0 unspecified atom stereocenters. The zero-order valence-corrected chi connectivity index (χ0v) is 12.2. The summed E-state index contributed by atoms with van der Waals surface area (Å²) < 4.78 is 5.32. The Morgan fingerprint density at radius 3 is 2.74 bits per heavy atom. The molecule has 0 aliphatic carbocycles. The van der Waals surface area contributed by atoms with Crippen LogP contribution in [0.4, 0.5) is 11.5 Å². The number of anilines is 2. The standard InChI is InChI=1S/C12H9BrClN3O2/c1-19-12(18)10-5-16-11(6-15-10)17-7-2-3-9(14)8(13)4-7/h2-6H,1H3,(H,16,17). The van der Waals surface area contributed by atoms with Crippen LogP contribution in [0.15, 0.2) is 35.1 Å². The van der Waals surface area contributed by atoms with Crippen molar-refractivity contribution in [2.75, 3.05) is 12.4 Å². The summed E-state index contributed by atoms with van der Waals surface area (Å²) in [5.41, 5.74) is 0.960. The van der Waals surface area contributed by atoms with Crippen molar-refractivity contribution in [3.63, 3.8) is 0 Å². The minimum absolute atomic E-state index is 0.158. The number of halogens is 2. The van der Waals surface area contributed by atoms with E-state index in [0.717, 1.165) is 10.2 Å². The van der Waals surface area contributed by atoms with Crippen molar-refractivity contribution in [1.29, 1.82) is 0 Å². The van der Waals surface area contributed by atoms with Crippen LogP contribution in [0, 0.1) is 0 Å². The Labute approximate surface area is 123 Å². The number of hydrogen-bond donors (Lipinski definition) is 1. The molecule has 2 aromatic rings. The number of rotatable bonds is 3. The fourth-order valence-electron chi connectivity index (χ4n) is 1.32. The van der Waals surface area contributed by atoms with Gasteiger partial charge in [-0.25, -0.2) is 14.8 Å². The van der Waals surface area contributed by atoms with E-state index in [-0.39, 0.29) is 5.69 Å². The van der Waals surface area contributed by atoms with Gasteiger partial charge in [-0.15, -0.1) is 0 Å². The summed E-state index contributed by atoms with van der Waals surface area (Å²) in [6.07, 6.45) is 2.80. The van der Waals surface area contributed by atoms with E-state index in [1.807, 2.05) is 12.1 Å². The van der Waals surface area contributed by atoms with Crippen molar-refractivity contribution in [2.24, 2.45) is 0 Å². The van der Waals surface area contributed by atoms with E-state index < -0.39 is 5.97 Å². The average Bonchev–Trinajstić information content (AvgIpc) is 2.43.